The molecule has 1 heterocycles. The Kier molecular flexibility index (Phi) is 3.87. The summed E-state index contributed by atoms with van der Waals surface area (Å²) in [7, 11) is 0. The number of nitrogens with one attached hydrogen (secondary N) is 1. The maximum Gasteiger partial charge on any atom is 0.350 e. The lowest BCUT2D eigenvalue weighted by Gasteiger charge is -2.12. The van der Waals surface area contributed by atoms with Gasteiger partial charge in [0.05, 0.1) is 5.02 Å². The van der Waals surface area contributed by atoms with Crippen LogP contribution >= 0.6 is 22.9 Å². The van der Waals surface area contributed by atoms with Crippen LogP contribution in [0, 0.1) is 0 Å². The highest BCUT2D eigenvalue weighted by molar-refractivity contribution is 7.21. The number of carbonyl (C=O) groups excluding carboxylic acids is 2. The van der Waals surface area contributed by atoms with Crippen LogP contribution < -0.4 is 5.32 Å². The summed E-state index contributed by atoms with van der Waals surface area (Å²) in [5.41, 5.74) is 0. The summed E-state index contributed by atoms with van der Waals surface area (Å²) >= 11 is 7.49. The van der Waals surface area contributed by atoms with Gasteiger partial charge in [-0.3, -0.25) is 4.79 Å². The van der Waals surface area contributed by atoms with E-state index in [-0.39, 0.29) is 11.9 Å². The number of hydrogen-bond acceptors (Lipinski definition) is 4. The Hall–Kier alpha value is -1.59. The molecule has 1 atom stereocenters. The van der Waals surface area contributed by atoms with Gasteiger partial charge in [0, 0.05) is 16.1 Å². The predicted octanol–water partition coefficient (Wildman–Crippen LogP) is 3.38. The third kappa shape index (κ3) is 3.04. The molecular formula is C15H14ClNO3S. The molecule has 0 spiro atoms. The number of benzene rings is 1. The van der Waals surface area contributed by atoms with Crippen molar-refractivity contribution < 1.29 is 14.3 Å². The minimum absolute atomic E-state index is 0.242. The molecule has 1 aromatic carbocycles. The Morgan fingerprint density at radius 2 is 2.10 bits per heavy atom. The molecular weight excluding hydrogens is 310 g/mol. The number of hydrogen-bond donors (Lipinski definition) is 1. The molecule has 21 heavy (non-hydrogen) atoms. The lowest BCUT2D eigenvalue weighted by Crippen LogP contribution is -2.36. The van der Waals surface area contributed by atoms with Crippen molar-refractivity contribution in [3.05, 3.63) is 34.2 Å². The van der Waals surface area contributed by atoms with Crippen LogP contribution in [0.1, 0.15) is 29.4 Å². The highest BCUT2D eigenvalue weighted by Gasteiger charge is 2.28. The number of rotatable bonds is 4. The van der Waals surface area contributed by atoms with Crippen LogP contribution in [-0.4, -0.2) is 24.0 Å². The zero-order chi connectivity index (χ0) is 15.0. The fraction of sp³-hybridized carbons (Fsp3) is 0.333. The fourth-order valence-electron chi connectivity index (χ4n) is 1.96. The molecule has 0 aliphatic heterocycles. The summed E-state index contributed by atoms with van der Waals surface area (Å²) < 4.78 is 6.13. The van der Waals surface area contributed by atoms with E-state index in [2.05, 4.69) is 5.32 Å². The van der Waals surface area contributed by atoms with E-state index in [4.69, 9.17) is 16.3 Å². The molecule has 3 rings (SSSR count). The van der Waals surface area contributed by atoms with Crippen molar-refractivity contribution >= 4 is 44.9 Å². The van der Waals surface area contributed by atoms with E-state index in [9.17, 15) is 9.59 Å². The Labute approximate surface area is 131 Å². The van der Waals surface area contributed by atoms with Gasteiger partial charge in [0.2, 0.25) is 0 Å². The van der Waals surface area contributed by atoms with E-state index >= 15 is 0 Å². The zero-order valence-corrected chi connectivity index (χ0v) is 13.0. The summed E-state index contributed by atoms with van der Waals surface area (Å²) in [4.78, 5) is 24.3. The Morgan fingerprint density at radius 1 is 1.38 bits per heavy atom. The molecule has 0 bridgehead atoms. The van der Waals surface area contributed by atoms with Crippen molar-refractivity contribution in [3.63, 3.8) is 0 Å². The maximum absolute atomic E-state index is 12.2. The largest absolute Gasteiger partial charge is 0.448 e. The summed E-state index contributed by atoms with van der Waals surface area (Å²) in [6.45, 7) is 1.57. The van der Waals surface area contributed by atoms with Crippen LogP contribution in [0.25, 0.3) is 10.1 Å². The van der Waals surface area contributed by atoms with Gasteiger partial charge < -0.3 is 10.1 Å². The van der Waals surface area contributed by atoms with Crippen molar-refractivity contribution in [2.24, 2.45) is 0 Å². The van der Waals surface area contributed by atoms with Gasteiger partial charge >= 0.3 is 5.97 Å². The van der Waals surface area contributed by atoms with Gasteiger partial charge in [-0.15, -0.1) is 11.3 Å². The van der Waals surface area contributed by atoms with Crippen LogP contribution in [0.5, 0.6) is 0 Å². The Morgan fingerprint density at radius 3 is 2.76 bits per heavy atom. The average molecular weight is 324 g/mol. The van der Waals surface area contributed by atoms with Gasteiger partial charge in [-0.05, 0) is 25.8 Å². The minimum Gasteiger partial charge on any atom is -0.448 e. The van der Waals surface area contributed by atoms with E-state index in [1.165, 1.54) is 11.3 Å². The normalized spacial score (nSPS) is 15.7. The Bertz CT molecular complexity index is 708. The number of fused-ring (bicyclic) bond motifs is 1. The SMILES string of the molecule is C[C@@H](OC(=O)c1sc2ccccc2c1Cl)C(=O)NC1CC1. The average Bonchev–Trinajstić information content (AvgIpc) is 3.21. The molecule has 1 N–H and O–H groups in total. The molecule has 2 aromatic rings. The number of carbonyl (C=O) groups is 2. The van der Waals surface area contributed by atoms with Gasteiger partial charge in [-0.1, -0.05) is 29.8 Å². The number of esters is 1. The highest BCUT2D eigenvalue weighted by atomic mass is 35.5. The lowest BCUT2D eigenvalue weighted by atomic mass is 10.2. The molecule has 1 fully saturated rings. The third-order valence-corrected chi connectivity index (χ3v) is 4.95. The summed E-state index contributed by atoms with van der Waals surface area (Å²) in [6, 6.07) is 7.74. The van der Waals surface area contributed by atoms with Crippen LogP contribution in [0.3, 0.4) is 0 Å². The molecule has 1 saturated carbocycles. The van der Waals surface area contributed by atoms with Gasteiger partial charge in [-0.2, -0.15) is 0 Å². The summed E-state index contributed by atoms with van der Waals surface area (Å²) in [5.74, 6) is -0.817. The molecule has 110 valence electrons. The molecule has 1 amide bonds. The molecule has 6 heteroatoms. The van der Waals surface area contributed by atoms with Gasteiger partial charge in [-0.25, -0.2) is 4.79 Å². The van der Waals surface area contributed by atoms with Crippen molar-refractivity contribution in [2.75, 3.05) is 0 Å². The van der Waals surface area contributed by atoms with Crippen LogP contribution in [-0.2, 0) is 9.53 Å². The minimum atomic E-state index is -0.820. The molecule has 1 aromatic heterocycles. The topological polar surface area (TPSA) is 55.4 Å². The van der Waals surface area contributed by atoms with Crippen LogP contribution in [0.2, 0.25) is 5.02 Å². The van der Waals surface area contributed by atoms with Crippen LogP contribution in [0.4, 0.5) is 0 Å². The van der Waals surface area contributed by atoms with Gasteiger partial charge in [0.1, 0.15) is 4.88 Å². The fourth-order valence-corrected chi connectivity index (χ4v) is 3.35. The second kappa shape index (κ2) is 5.66. The molecule has 0 radical (unpaired) electrons. The number of thiophene rings is 1. The lowest BCUT2D eigenvalue weighted by molar-refractivity contribution is -0.129. The maximum atomic E-state index is 12.2. The van der Waals surface area contributed by atoms with Crippen molar-refractivity contribution in [2.45, 2.75) is 31.9 Å². The Balaban J connectivity index is 1.74. The molecule has 1 aliphatic carbocycles. The highest BCUT2D eigenvalue weighted by Crippen LogP contribution is 2.35. The van der Waals surface area contributed by atoms with Crippen molar-refractivity contribution in [3.8, 4) is 0 Å². The molecule has 0 saturated heterocycles. The van der Waals surface area contributed by atoms with E-state index < -0.39 is 12.1 Å². The second-order valence-corrected chi connectivity index (χ2v) is 6.50. The zero-order valence-electron chi connectivity index (χ0n) is 11.4. The van der Waals surface area contributed by atoms with E-state index in [0.29, 0.717) is 9.90 Å². The van der Waals surface area contributed by atoms with Crippen molar-refractivity contribution in [1.29, 1.82) is 0 Å². The standard InChI is InChI=1S/C15H14ClNO3S/c1-8(14(18)17-9-6-7-9)20-15(19)13-12(16)10-4-2-3-5-11(10)21-13/h2-5,8-9H,6-7H2,1H3,(H,17,18)/t8-/m1/s1. The first-order chi connectivity index (χ1) is 10.1. The van der Waals surface area contributed by atoms with Crippen LogP contribution in [0.15, 0.2) is 24.3 Å². The third-order valence-electron chi connectivity index (χ3n) is 3.30. The number of ether oxygens (including phenoxy) is 1. The first kappa shape index (κ1) is 14.4. The quantitative estimate of drug-likeness (QED) is 0.878. The van der Waals surface area contributed by atoms with Crippen molar-refractivity contribution in [1.82, 2.24) is 5.32 Å². The van der Waals surface area contributed by atoms with E-state index in [1.807, 2.05) is 24.3 Å². The first-order valence-corrected chi connectivity index (χ1v) is 7.94. The van der Waals surface area contributed by atoms with Gasteiger partial charge in [0.15, 0.2) is 6.10 Å². The summed E-state index contributed by atoms with van der Waals surface area (Å²) in [5, 5.41) is 4.02. The predicted molar refractivity (Wildman–Crippen MR) is 82.9 cm³/mol. The van der Waals surface area contributed by atoms with E-state index in [0.717, 1.165) is 22.9 Å². The van der Waals surface area contributed by atoms with Gasteiger partial charge in [0.25, 0.3) is 5.91 Å². The molecule has 0 unspecified atom stereocenters. The van der Waals surface area contributed by atoms with E-state index in [1.54, 1.807) is 6.92 Å². The molecule has 4 nitrogen and oxygen atoms in total. The number of amides is 1. The molecule has 1 aliphatic rings. The second-order valence-electron chi connectivity index (χ2n) is 5.07. The smallest absolute Gasteiger partial charge is 0.350 e. The number of halogens is 1. The first-order valence-electron chi connectivity index (χ1n) is 6.74. The summed E-state index contributed by atoms with van der Waals surface area (Å²) in [6.07, 6.45) is 1.17. The monoisotopic (exact) mass is 323 g/mol.